The average Bonchev–Trinajstić information content (AvgIpc) is 2.79. The van der Waals surface area contributed by atoms with Crippen LogP contribution in [0.15, 0.2) is 36.5 Å². The van der Waals surface area contributed by atoms with Gasteiger partial charge in [-0.05, 0) is 54.4 Å². The van der Waals surface area contributed by atoms with Crippen molar-refractivity contribution in [2.24, 2.45) is 10.8 Å². The second kappa shape index (κ2) is 18.9. The van der Waals surface area contributed by atoms with Crippen molar-refractivity contribution in [1.82, 2.24) is 4.90 Å². The van der Waals surface area contributed by atoms with E-state index in [2.05, 4.69) is 89.1 Å². The fourth-order valence-electron chi connectivity index (χ4n) is 4.72. The van der Waals surface area contributed by atoms with Crippen molar-refractivity contribution >= 4 is 6.08 Å². The van der Waals surface area contributed by atoms with E-state index in [-0.39, 0.29) is 0 Å². The second-order valence-electron chi connectivity index (χ2n) is 13.3. The summed E-state index contributed by atoms with van der Waals surface area (Å²) in [6.45, 7) is 16.6. The number of benzene rings is 1. The molecule has 0 fully saturated rings. The molecule has 1 heteroatoms. The predicted octanol–water partition coefficient (Wildman–Crippen LogP) is 11.3. The Balaban J connectivity index is 2.20. The van der Waals surface area contributed by atoms with Gasteiger partial charge in [0.1, 0.15) is 0 Å². The molecule has 202 valence electrons. The maximum absolute atomic E-state index is 2.58. The van der Waals surface area contributed by atoms with E-state index in [4.69, 9.17) is 0 Å². The van der Waals surface area contributed by atoms with Gasteiger partial charge in [0.15, 0.2) is 0 Å². The summed E-state index contributed by atoms with van der Waals surface area (Å²) in [4.78, 5) is 2.58. The van der Waals surface area contributed by atoms with Crippen molar-refractivity contribution in [2.45, 2.75) is 144 Å². The third-order valence-corrected chi connectivity index (χ3v) is 7.02. The molecule has 35 heavy (non-hydrogen) atoms. The summed E-state index contributed by atoms with van der Waals surface area (Å²) in [7, 11) is 0. The number of nitrogens with zero attached hydrogens (tertiary/aromatic N) is 1. The fraction of sp³-hybridized carbons (Fsp3) is 0.765. The highest BCUT2D eigenvalue weighted by Gasteiger charge is 2.09. The molecular formula is C34H61N. The topological polar surface area (TPSA) is 3.24 Å². The Kier molecular flexibility index (Phi) is 17.2. The zero-order chi connectivity index (χ0) is 25.8. The molecule has 0 bridgehead atoms. The monoisotopic (exact) mass is 483 g/mol. The molecule has 0 aromatic heterocycles. The normalized spacial score (nSPS) is 12.5. The quantitative estimate of drug-likeness (QED) is 0.167. The summed E-state index contributed by atoms with van der Waals surface area (Å²) in [5.74, 6) is 0. The van der Waals surface area contributed by atoms with E-state index in [9.17, 15) is 0 Å². The molecule has 0 spiro atoms. The molecule has 0 saturated carbocycles. The van der Waals surface area contributed by atoms with E-state index >= 15 is 0 Å². The molecular weight excluding hydrogens is 422 g/mol. The van der Waals surface area contributed by atoms with Crippen LogP contribution in [0.25, 0.3) is 6.08 Å². The Morgan fingerprint density at radius 3 is 1.29 bits per heavy atom. The third kappa shape index (κ3) is 21.7. The summed E-state index contributed by atoms with van der Waals surface area (Å²) in [5, 5.41) is 0. The van der Waals surface area contributed by atoms with Gasteiger partial charge in [-0.25, -0.2) is 0 Å². The summed E-state index contributed by atoms with van der Waals surface area (Å²) < 4.78 is 0. The minimum Gasteiger partial charge on any atom is -0.377 e. The highest BCUT2D eigenvalue weighted by Crippen LogP contribution is 2.23. The predicted molar refractivity (Wildman–Crippen MR) is 160 cm³/mol. The number of rotatable bonds is 20. The van der Waals surface area contributed by atoms with E-state index in [0.717, 1.165) is 0 Å². The van der Waals surface area contributed by atoms with Crippen LogP contribution in [0.4, 0.5) is 0 Å². The van der Waals surface area contributed by atoms with Crippen molar-refractivity contribution in [3.63, 3.8) is 0 Å². The molecule has 1 aromatic rings. The van der Waals surface area contributed by atoms with Crippen LogP contribution in [-0.4, -0.2) is 18.0 Å². The zero-order valence-corrected chi connectivity index (χ0v) is 24.7. The summed E-state index contributed by atoms with van der Waals surface area (Å²) in [6.07, 6.45) is 26.9. The SMILES string of the molecule is CC(C)(C)CCCCCCCCCN(C=Cc1ccccc1)CCCCCCCCCC(C)(C)C. The lowest BCUT2D eigenvalue weighted by Crippen LogP contribution is -2.20. The second-order valence-corrected chi connectivity index (χ2v) is 13.3. The van der Waals surface area contributed by atoms with E-state index in [1.165, 1.54) is 121 Å². The molecule has 0 heterocycles. The van der Waals surface area contributed by atoms with Crippen LogP contribution < -0.4 is 0 Å². The first-order valence-corrected chi connectivity index (χ1v) is 15.1. The molecule has 1 aromatic carbocycles. The van der Waals surface area contributed by atoms with Gasteiger partial charge in [-0.3, -0.25) is 0 Å². The third-order valence-electron chi connectivity index (χ3n) is 7.02. The van der Waals surface area contributed by atoms with Crippen molar-refractivity contribution in [3.8, 4) is 0 Å². The fourth-order valence-corrected chi connectivity index (χ4v) is 4.72. The van der Waals surface area contributed by atoms with E-state index in [1.54, 1.807) is 0 Å². The van der Waals surface area contributed by atoms with E-state index < -0.39 is 0 Å². The molecule has 0 atom stereocenters. The summed E-state index contributed by atoms with van der Waals surface area (Å²) >= 11 is 0. The Morgan fingerprint density at radius 1 is 0.514 bits per heavy atom. The molecule has 0 N–H and O–H groups in total. The van der Waals surface area contributed by atoms with Crippen LogP contribution in [-0.2, 0) is 0 Å². The average molecular weight is 484 g/mol. The van der Waals surface area contributed by atoms with Gasteiger partial charge in [0, 0.05) is 13.1 Å². The van der Waals surface area contributed by atoms with Crippen molar-refractivity contribution in [1.29, 1.82) is 0 Å². The van der Waals surface area contributed by atoms with Crippen LogP contribution in [0, 0.1) is 10.8 Å². The van der Waals surface area contributed by atoms with Gasteiger partial charge in [0.05, 0.1) is 0 Å². The minimum atomic E-state index is 0.503. The Labute approximate surface area is 221 Å². The highest BCUT2D eigenvalue weighted by molar-refractivity contribution is 5.48. The van der Waals surface area contributed by atoms with Gasteiger partial charge in [0.2, 0.25) is 0 Å². The number of unbranched alkanes of at least 4 members (excludes halogenated alkanes) is 12. The maximum Gasteiger partial charge on any atom is 0.0172 e. The van der Waals surface area contributed by atoms with Crippen LogP contribution in [0.5, 0.6) is 0 Å². The van der Waals surface area contributed by atoms with Crippen molar-refractivity contribution in [3.05, 3.63) is 42.1 Å². The lowest BCUT2D eigenvalue weighted by atomic mass is 9.89. The van der Waals surface area contributed by atoms with Crippen molar-refractivity contribution < 1.29 is 0 Å². The van der Waals surface area contributed by atoms with E-state index in [1.807, 2.05) is 0 Å². The number of hydrogen-bond donors (Lipinski definition) is 0. The molecule has 0 aliphatic rings. The van der Waals surface area contributed by atoms with Gasteiger partial charge in [-0.2, -0.15) is 0 Å². The van der Waals surface area contributed by atoms with Crippen LogP contribution in [0.1, 0.15) is 150 Å². The first kappa shape index (κ1) is 31.8. The molecule has 1 rings (SSSR count). The molecule has 1 nitrogen and oxygen atoms in total. The van der Waals surface area contributed by atoms with Crippen LogP contribution in [0.3, 0.4) is 0 Å². The van der Waals surface area contributed by atoms with E-state index in [0.29, 0.717) is 10.8 Å². The Morgan fingerprint density at radius 2 is 0.886 bits per heavy atom. The molecule has 0 saturated heterocycles. The molecule has 0 unspecified atom stereocenters. The Hall–Kier alpha value is -1.24. The maximum atomic E-state index is 2.58. The summed E-state index contributed by atoms with van der Waals surface area (Å²) in [5.41, 5.74) is 2.31. The van der Waals surface area contributed by atoms with Gasteiger partial charge in [-0.15, -0.1) is 0 Å². The van der Waals surface area contributed by atoms with Gasteiger partial charge < -0.3 is 4.90 Å². The number of hydrogen-bond acceptors (Lipinski definition) is 1. The standard InChI is InChI=1S/C34H61N/c1-33(2,3)27-20-13-9-7-11-15-22-29-35(31-26-32-24-18-17-19-25-32)30-23-16-12-8-10-14-21-28-34(4,5)6/h17-19,24-26,31H,7-16,20-23,27-30H2,1-6H3. The zero-order valence-electron chi connectivity index (χ0n) is 24.7. The van der Waals surface area contributed by atoms with Gasteiger partial charge >= 0.3 is 0 Å². The van der Waals surface area contributed by atoms with Crippen LogP contribution >= 0.6 is 0 Å². The lowest BCUT2D eigenvalue weighted by molar-refractivity contribution is 0.345. The largest absolute Gasteiger partial charge is 0.377 e. The molecule has 0 amide bonds. The first-order valence-electron chi connectivity index (χ1n) is 15.1. The smallest absolute Gasteiger partial charge is 0.0172 e. The minimum absolute atomic E-state index is 0.503. The first-order chi connectivity index (χ1) is 16.7. The molecule has 0 aliphatic carbocycles. The lowest BCUT2D eigenvalue weighted by Gasteiger charge is -2.20. The van der Waals surface area contributed by atoms with Gasteiger partial charge in [0.25, 0.3) is 0 Å². The summed E-state index contributed by atoms with van der Waals surface area (Å²) in [6, 6.07) is 10.8. The highest BCUT2D eigenvalue weighted by atomic mass is 15.1. The Bertz CT molecular complexity index is 584. The molecule has 0 radical (unpaired) electrons. The van der Waals surface area contributed by atoms with Crippen LogP contribution in [0.2, 0.25) is 0 Å². The molecule has 0 aliphatic heterocycles. The van der Waals surface area contributed by atoms with Crippen molar-refractivity contribution in [2.75, 3.05) is 13.1 Å². The van der Waals surface area contributed by atoms with Gasteiger partial charge in [-0.1, -0.05) is 149 Å².